The highest BCUT2D eigenvalue weighted by molar-refractivity contribution is 14.0. The van der Waals surface area contributed by atoms with Gasteiger partial charge in [0.2, 0.25) is 0 Å². The van der Waals surface area contributed by atoms with E-state index in [0.717, 1.165) is 18.2 Å². The molecule has 0 amide bonds. The molecule has 7 heteroatoms. The fourth-order valence-corrected chi connectivity index (χ4v) is 2.08. The van der Waals surface area contributed by atoms with Crippen molar-refractivity contribution < 1.29 is 4.74 Å². The molecule has 0 aliphatic heterocycles. The molecular formula is C17H22ClIN4O. The molecule has 130 valence electrons. The topological polar surface area (TPSA) is 58.5 Å². The molecular weight excluding hydrogens is 439 g/mol. The van der Waals surface area contributed by atoms with Gasteiger partial charge in [-0.15, -0.1) is 24.0 Å². The largest absolute Gasteiger partial charge is 0.490 e. The Bertz CT molecular complexity index is 625. The number of guanidine groups is 1. The van der Waals surface area contributed by atoms with Crippen LogP contribution in [0.1, 0.15) is 12.6 Å². The Morgan fingerprint density at radius 2 is 1.96 bits per heavy atom. The average molecular weight is 461 g/mol. The number of hydrogen-bond acceptors (Lipinski definition) is 3. The third-order valence-corrected chi connectivity index (χ3v) is 3.27. The number of halogens is 2. The van der Waals surface area contributed by atoms with Crippen LogP contribution < -0.4 is 15.4 Å². The van der Waals surface area contributed by atoms with Gasteiger partial charge in [0.1, 0.15) is 12.4 Å². The van der Waals surface area contributed by atoms with E-state index in [9.17, 15) is 0 Å². The van der Waals surface area contributed by atoms with Gasteiger partial charge in [0.25, 0.3) is 0 Å². The molecule has 0 radical (unpaired) electrons. The Morgan fingerprint density at radius 3 is 2.67 bits per heavy atom. The van der Waals surface area contributed by atoms with E-state index in [2.05, 4.69) is 20.6 Å². The Morgan fingerprint density at radius 1 is 1.17 bits per heavy atom. The first-order chi connectivity index (χ1) is 11.3. The zero-order chi connectivity index (χ0) is 16.3. The molecule has 1 aromatic heterocycles. The molecule has 0 saturated heterocycles. The van der Waals surface area contributed by atoms with Crippen LogP contribution in [0.2, 0.25) is 5.02 Å². The standard InChI is InChI=1S/C17H21ClN4O.HI/c1-2-19-17(22-13-14-7-5-6-10-20-14)21-11-12-23-16-9-4-3-8-15(16)18;/h3-10H,2,11-13H2,1H3,(H2,19,21,22);1H. The molecule has 1 aromatic carbocycles. The van der Waals surface area contributed by atoms with Crippen LogP contribution in [0.15, 0.2) is 53.7 Å². The molecule has 0 spiro atoms. The number of aromatic nitrogens is 1. The van der Waals surface area contributed by atoms with Crippen molar-refractivity contribution >= 4 is 41.5 Å². The average Bonchev–Trinajstić information content (AvgIpc) is 2.59. The predicted octanol–water partition coefficient (Wildman–Crippen LogP) is 3.49. The molecule has 1 heterocycles. The van der Waals surface area contributed by atoms with Gasteiger partial charge in [-0.2, -0.15) is 0 Å². The Labute approximate surface area is 164 Å². The summed E-state index contributed by atoms with van der Waals surface area (Å²) in [6.45, 7) is 4.47. The number of ether oxygens (including phenoxy) is 1. The number of para-hydroxylation sites is 1. The van der Waals surface area contributed by atoms with Crippen LogP contribution in [-0.2, 0) is 6.54 Å². The number of rotatable bonds is 7. The van der Waals surface area contributed by atoms with Crippen molar-refractivity contribution in [2.75, 3.05) is 19.7 Å². The van der Waals surface area contributed by atoms with Gasteiger partial charge >= 0.3 is 0 Å². The van der Waals surface area contributed by atoms with E-state index in [1.165, 1.54) is 0 Å². The predicted molar refractivity (Wildman–Crippen MR) is 109 cm³/mol. The number of hydrogen-bond donors (Lipinski definition) is 2. The van der Waals surface area contributed by atoms with Crippen molar-refractivity contribution in [2.24, 2.45) is 4.99 Å². The van der Waals surface area contributed by atoms with Gasteiger partial charge < -0.3 is 15.4 Å². The molecule has 2 aromatic rings. The molecule has 5 nitrogen and oxygen atoms in total. The number of nitrogens with one attached hydrogen (secondary N) is 2. The second-order valence-corrected chi connectivity index (χ2v) is 5.13. The first-order valence-electron chi connectivity index (χ1n) is 7.59. The Kier molecular flexibility index (Phi) is 10.2. The SMILES string of the molecule is CCNC(=NCc1ccccn1)NCCOc1ccccc1Cl.I. The van der Waals surface area contributed by atoms with Crippen LogP contribution in [0, 0.1) is 0 Å². The van der Waals surface area contributed by atoms with Gasteiger partial charge in [-0.05, 0) is 31.2 Å². The zero-order valence-corrected chi connectivity index (χ0v) is 16.6. The molecule has 0 saturated carbocycles. The summed E-state index contributed by atoms with van der Waals surface area (Å²) >= 11 is 6.04. The monoisotopic (exact) mass is 460 g/mol. The highest BCUT2D eigenvalue weighted by atomic mass is 127. The number of benzene rings is 1. The van der Waals surface area contributed by atoms with E-state index >= 15 is 0 Å². The van der Waals surface area contributed by atoms with Crippen LogP contribution >= 0.6 is 35.6 Å². The maximum absolute atomic E-state index is 6.04. The quantitative estimate of drug-likeness (QED) is 0.287. The van der Waals surface area contributed by atoms with Crippen LogP contribution in [-0.4, -0.2) is 30.6 Å². The maximum atomic E-state index is 6.04. The summed E-state index contributed by atoms with van der Waals surface area (Å²) in [7, 11) is 0. The summed E-state index contributed by atoms with van der Waals surface area (Å²) in [5.41, 5.74) is 0.928. The summed E-state index contributed by atoms with van der Waals surface area (Å²) in [5, 5.41) is 7.03. The summed E-state index contributed by atoms with van der Waals surface area (Å²) in [5.74, 6) is 1.42. The molecule has 0 aliphatic carbocycles. The van der Waals surface area contributed by atoms with Crippen molar-refractivity contribution in [3.63, 3.8) is 0 Å². The van der Waals surface area contributed by atoms with Gasteiger partial charge in [-0.1, -0.05) is 29.8 Å². The minimum atomic E-state index is 0. The van der Waals surface area contributed by atoms with Crippen LogP contribution in [0.3, 0.4) is 0 Å². The summed E-state index contributed by atoms with van der Waals surface area (Å²) in [6, 6.07) is 13.2. The Hall–Kier alpha value is -1.54. The second-order valence-electron chi connectivity index (χ2n) is 4.72. The minimum absolute atomic E-state index is 0. The molecule has 24 heavy (non-hydrogen) atoms. The van der Waals surface area contributed by atoms with Gasteiger partial charge in [0, 0.05) is 12.7 Å². The van der Waals surface area contributed by atoms with Crippen molar-refractivity contribution in [3.05, 3.63) is 59.4 Å². The first kappa shape index (κ1) is 20.5. The zero-order valence-electron chi connectivity index (χ0n) is 13.5. The molecule has 0 aliphatic rings. The van der Waals surface area contributed by atoms with E-state index < -0.39 is 0 Å². The van der Waals surface area contributed by atoms with Gasteiger partial charge in [0.15, 0.2) is 5.96 Å². The lowest BCUT2D eigenvalue weighted by Crippen LogP contribution is -2.39. The van der Waals surface area contributed by atoms with Crippen LogP contribution in [0.5, 0.6) is 5.75 Å². The molecule has 0 unspecified atom stereocenters. The van der Waals surface area contributed by atoms with Crippen LogP contribution in [0.25, 0.3) is 0 Å². The Balaban J connectivity index is 0.00000288. The number of nitrogens with zero attached hydrogens (tertiary/aromatic N) is 2. The van der Waals surface area contributed by atoms with Crippen molar-refractivity contribution in [3.8, 4) is 5.75 Å². The van der Waals surface area contributed by atoms with Crippen molar-refractivity contribution in [1.82, 2.24) is 15.6 Å². The maximum Gasteiger partial charge on any atom is 0.191 e. The van der Waals surface area contributed by atoms with Gasteiger partial charge in [-0.3, -0.25) is 4.98 Å². The summed E-state index contributed by atoms with van der Waals surface area (Å²) in [4.78, 5) is 8.75. The van der Waals surface area contributed by atoms with Crippen molar-refractivity contribution in [2.45, 2.75) is 13.5 Å². The molecule has 2 N–H and O–H groups in total. The molecule has 0 bridgehead atoms. The molecule has 0 atom stereocenters. The summed E-state index contributed by atoms with van der Waals surface area (Å²) in [6.07, 6.45) is 1.77. The fourth-order valence-electron chi connectivity index (χ4n) is 1.89. The summed E-state index contributed by atoms with van der Waals surface area (Å²) < 4.78 is 5.64. The van der Waals surface area contributed by atoms with E-state index in [-0.39, 0.29) is 24.0 Å². The second kappa shape index (κ2) is 11.9. The van der Waals surface area contributed by atoms with E-state index in [0.29, 0.717) is 30.5 Å². The lowest BCUT2D eigenvalue weighted by molar-refractivity contribution is 0.322. The normalized spacial score (nSPS) is 10.7. The lowest BCUT2D eigenvalue weighted by atomic mass is 10.3. The molecule has 0 fully saturated rings. The van der Waals surface area contributed by atoms with E-state index in [4.69, 9.17) is 16.3 Å². The molecule has 2 rings (SSSR count). The third-order valence-electron chi connectivity index (χ3n) is 2.96. The van der Waals surface area contributed by atoms with Gasteiger partial charge in [0.05, 0.1) is 23.8 Å². The highest BCUT2D eigenvalue weighted by Crippen LogP contribution is 2.22. The highest BCUT2D eigenvalue weighted by Gasteiger charge is 2.01. The third kappa shape index (κ3) is 7.35. The lowest BCUT2D eigenvalue weighted by Gasteiger charge is -2.12. The number of pyridine rings is 1. The smallest absolute Gasteiger partial charge is 0.191 e. The van der Waals surface area contributed by atoms with E-state index in [1.807, 2.05) is 49.4 Å². The van der Waals surface area contributed by atoms with Gasteiger partial charge in [-0.25, -0.2) is 4.99 Å². The fraction of sp³-hybridized carbons (Fsp3) is 0.294. The number of aliphatic imine (C=N–C) groups is 1. The van der Waals surface area contributed by atoms with Crippen molar-refractivity contribution in [1.29, 1.82) is 0 Å². The minimum Gasteiger partial charge on any atom is -0.490 e. The van der Waals surface area contributed by atoms with Crippen LogP contribution in [0.4, 0.5) is 0 Å². The first-order valence-corrected chi connectivity index (χ1v) is 7.97. The van der Waals surface area contributed by atoms with E-state index in [1.54, 1.807) is 6.20 Å².